The van der Waals surface area contributed by atoms with Crippen molar-refractivity contribution in [3.05, 3.63) is 108 Å². The molecule has 2 heteroatoms. The molecule has 0 heterocycles. The van der Waals surface area contributed by atoms with Crippen molar-refractivity contribution < 1.29 is 0 Å². The van der Waals surface area contributed by atoms with Crippen LogP contribution in [0.4, 0.5) is 22.7 Å². The zero-order chi connectivity index (χ0) is 24.3. The van der Waals surface area contributed by atoms with Crippen molar-refractivity contribution in [1.82, 2.24) is 0 Å². The topological polar surface area (TPSA) is 24.1 Å². The Morgan fingerprint density at radius 2 is 0.588 bits per heavy atom. The van der Waals surface area contributed by atoms with Gasteiger partial charge in [-0.3, -0.25) is 0 Å². The predicted octanol–water partition coefficient (Wildman–Crippen LogP) is 9.44. The van der Waals surface area contributed by atoms with Crippen molar-refractivity contribution in [1.29, 1.82) is 0 Å². The van der Waals surface area contributed by atoms with Gasteiger partial charge in [0, 0.05) is 22.7 Å². The Bertz CT molecular complexity index is 1100. The maximum atomic E-state index is 3.50. The van der Waals surface area contributed by atoms with Crippen molar-refractivity contribution in [2.75, 3.05) is 10.6 Å². The van der Waals surface area contributed by atoms with Crippen LogP contribution in [0, 0.1) is 0 Å². The van der Waals surface area contributed by atoms with E-state index in [4.69, 9.17) is 0 Å². The zero-order valence-corrected chi connectivity index (χ0v) is 21.2. The number of hydrogen-bond donors (Lipinski definition) is 2. The lowest BCUT2D eigenvalue weighted by molar-refractivity contribution is 0.590. The number of hydrogen-bond acceptors (Lipinski definition) is 2. The molecule has 2 N–H and O–H groups in total. The molecule has 0 bridgehead atoms. The second-order valence-corrected chi connectivity index (χ2v) is 11.1. The normalized spacial score (nSPS) is 11.8. The first-order valence-corrected chi connectivity index (χ1v) is 12.0. The molecule has 2 nitrogen and oxygen atoms in total. The fraction of sp³-hybridized carbons (Fsp3) is 0.250. The summed E-state index contributed by atoms with van der Waals surface area (Å²) in [5, 5.41) is 7.00. The van der Waals surface area contributed by atoms with Crippen molar-refractivity contribution in [2.45, 2.75) is 52.4 Å². The number of anilines is 4. The van der Waals surface area contributed by atoms with Crippen molar-refractivity contribution >= 4 is 22.7 Å². The lowest BCUT2D eigenvalue weighted by atomic mass is 9.87. The first kappa shape index (κ1) is 23.6. The van der Waals surface area contributed by atoms with Gasteiger partial charge in [0.25, 0.3) is 0 Å². The first-order valence-electron chi connectivity index (χ1n) is 12.0. The molecule has 0 spiro atoms. The molecule has 0 amide bonds. The summed E-state index contributed by atoms with van der Waals surface area (Å²) in [5.41, 5.74) is 9.81. The summed E-state index contributed by atoms with van der Waals surface area (Å²) in [4.78, 5) is 0. The second-order valence-electron chi connectivity index (χ2n) is 11.1. The minimum Gasteiger partial charge on any atom is -0.356 e. The van der Waals surface area contributed by atoms with E-state index in [0.717, 1.165) is 22.7 Å². The molecule has 0 fully saturated rings. The summed E-state index contributed by atoms with van der Waals surface area (Å²) in [6.07, 6.45) is 0. The van der Waals surface area contributed by atoms with E-state index in [9.17, 15) is 0 Å². The first-order chi connectivity index (χ1) is 16.1. The van der Waals surface area contributed by atoms with Crippen LogP contribution >= 0.6 is 0 Å². The quantitative estimate of drug-likeness (QED) is 0.318. The van der Waals surface area contributed by atoms with Gasteiger partial charge in [0.05, 0.1) is 0 Å². The molecular formula is C32H36N2. The molecule has 0 aromatic heterocycles. The van der Waals surface area contributed by atoms with Gasteiger partial charge in [-0.05, 0) is 81.6 Å². The molecule has 0 aliphatic rings. The van der Waals surface area contributed by atoms with Gasteiger partial charge in [-0.2, -0.15) is 0 Å². The molecule has 174 valence electrons. The van der Waals surface area contributed by atoms with Crippen LogP contribution in [0.3, 0.4) is 0 Å². The molecule has 0 aliphatic heterocycles. The fourth-order valence-corrected chi connectivity index (χ4v) is 3.93. The van der Waals surface area contributed by atoms with Gasteiger partial charge < -0.3 is 10.6 Å². The average molecular weight is 449 g/mol. The summed E-state index contributed by atoms with van der Waals surface area (Å²) < 4.78 is 0. The van der Waals surface area contributed by atoms with E-state index >= 15 is 0 Å². The van der Waals surface area contributed by atoms with E-state index < -0.39 is 0 Å². The zero-order valence-electron chi connectivity index (χ0n) is 21.2. The molecule has 4 aromatic rings. The summed E-state index contributed by atoms with van der Waals surface area (Å²) in [7, 11) is 0. The molecule has 0 saturated heterocycles. The maximum absolute atomic E-state index is 3.50. The SMILES string of the molecule is CC(C)(C)c1ccc(Nc2ccc(-c3ccc(Nc4ccc(C(C)(C)C)cc4)cc3)cc2)cc1. The van der Waals surface area contributed by atoms with Gasteiger partial charge in [0.15, 0.2) is 0 Å². The Balaban J connectivity index is 1.39. The smallest absolute Gasteiger partial charge is 0.0384 e. The lowest BCUT2D eigenvalue weighted by Gasteiger charge is -2.19. The van der Waals surface area contributed by atoms with Crippen LogP contribution in [0.25, 0.3) is 11.1 Å². The highest BCUT2D eigenvalue weighted by molar-refractivity contribution is 5.71. The van der Waals surface area contributed by atoms with Gasteiger partial charge in [0.2, 0.25) is 0 Å². The minimum absolute atomic E-state index is 0.169. The predicted molar refractivity (Wildman–Crippen MR) is 149 cm³/mol. The molecule has 0 radical (unpaired) electrons. The van der Waals surface area contributed by atoms with Gasteiger partial charge in [-0.15, -0.1) is 0 Å². The Kier molecular flexibility index (Phi) is 6.52. The third kappa shape index (κ3) is 5.88. The summed E-state index contributed by atoms with van der Waals surface area (Å²) in [6, 6.07) is 34.6. The lowest BCUT2D eigenvalue weighted by Crippen LogP contribution is -2.10. The van der Waals surface area contributed by atoms with E-state index in [2.05, 4.69) is 149 Å². The highest BCUT2D eigenvalue weighted by atomic mass is 14.9. The van der Waals surface area contributed by atoms with E-state index in [-0.39, 0.29) is 10.8 Å². The van der Waals surface area contributed by atoms with Crippen LogP contribution in [0.2, 0.25) is 0 Å². The summed E-state index contributed by atoms with van der Waals surface area (Å²) >= 11 is 0. The molecule has 0 unspecified atom stereocenters. The Labute approximate surface area is 205 Å². The fourth-order valence-electron chi connectivity index (χ4n) is 3.93. The van der Waals surface area contributed by atoms with Crippen LogP contribution in [0.1, 0.15) is 52.7 Å². The minimum atomic E-state index is 0.169. The molecule has 4 rings (SSSR count). The maximum Gasteiger partial charge on any atom is 0.0384 e. The largest absolute Gasteiger partial charge is 0.356 e. The number of nitrogens with one attached hydrogen (secondary N) is 2. The molecule has 34 heavy (non-hydrogen) atoms. The molecule has 0 atom stereocenters. The second kappa shape index (κ2) is 9.38. The Morgan fingerprint density at radius 1 is 0.353 bits per heavy atom. The van der Waals surface area contributed by atoms with Crippen LogP contribution in [-0.2, 0) is 10.8 Å². The molecule has 0 aliphatic carbocycles. The summed E-state index contributed by atoms with van der Waals surface area (Å²) in [6.45, 7) is 13.4. The van der Waals surface area contributed by atoms with Gasteiger partial charge in [-0.25, -0.2) is 0 Å². The standard InChI is InChI=1S/C32H36N2/c1-31(2,3)25-11-19-29(20-12-25)33-27-15-7-23(8-16-27)24-9-17-28(18-10-24)34-30-21-13-26(14-22-30)32(4,5)6/h7-22,33-34H,1-6H3. The van der Waals surface area contributed by atoms with Gasteiger partial charge in [-0.1, -0.05) is 90.1 Å². The van der Waals surface area contributed by atoms with E-state index in [0.29, 0.717) is 0 Å². The van der Waals surface area contributed by atoms with Crippen LogP contribution in [-0.4, -0.2) is 0 Å². The average Bonchev–Trinajstić information content (AvgIpc) is 2.80. The Hall–Kier alpha value is -3.52. The van der Waals surface area contributed by atoms with Crippen LogP contribution in [0.15, 0.2) is 97.1 Å². The van der Waals surface area contributed by atoms with E-state index in [1.807, 2.05) is 0 Å². The molecular weight excluding hydrogens is 412 g/mol. The molecule has 4 aromatic carbocycles. The van der Waals surface area contributed by atoms with Crippen molar-refractivity contribution in [3.8, 4) is 11.1 Å². The highest BCUT2D eigenvalue weighted by Gasteiger charge is 2.13. The Morgan fingerprint density at radius 3 is 0.824 bits per heavy atom. The third-order valence-corrected chi connectivity index (χ3v) is 6.18. The van der Waals surface area contributed by atoms with Crippen LogP contribution < -0.4 is 10.6 Å². The van der Waals surface area contributed by atoms with Gasteiger partial charge in [0.1, 0.15) is 0 Å². The van der Waals surface area contributed by atoms with Crippen molar-refractivity contribution in [2.24, 2.45) is 0 Å². The number of rotatable bonds is 5. The number of benzene rings is 4. The van der Waals surface area contributed by atoms with E-state index in [1.165, 1.54) is 22.3 Å². The third-order valence-electron chi connectivity index (χ3n) is 6.18. The van der Waals surface area contributed by atoms with Crippen molar-refractivity contribution in [3.63, 3.8) is 0 Å². The van der Waals surface area contributed by atoms with E-state index in [1.54, 1.807) is 0 Å². The monoisotopic (exact) mass is 448 g/mol. The highest BCUT2D eigenvalue weighted by Crippen LogP contribution is 2.28. The molecule has 0 saturated carbocycles. The van der Waals surface area contributed by atoms with Crippen LogP contribution in [0.5, 0.6) is 0 Å². The summed E-state index contributed by atoms with van der Waals surface area (Å²) in [5.74, 6) is 0. The van der Waals surface area contributed by atoms with Gasteiger partial charge >= 0.3 is 0 Å².